The summed E-state index contributed by atoms with van der Waals surface area (Å²) in [5, 5.41) is 0. The van der Waals surface area contributed by atoms with Crippen LogP contribution >= 0.6 is 0 Å². The van der Waals surface area contributed by atoms with Crippen molar-refractivity contribution in [2.24, 2.45) is 0 Å². The van der Waals surface area contributed by atoms with Crippen molar-refractivity contribution >= 4 is 22.8 Å². The molecule has 1 aliphatic heterocycles. The maximum absolute atomic E-state index is 14.1. The summed E-state index contributed by atoms with van der Waals surface area (Å²) in [6.45, 7) is 4.38. The van der Waals surface area contributed by atoms with Gasteiger partial charge in [0.25, 0.3) is 0 Å². The number of ketones is 1. The van der Waals surface area contributed by atoms with E-state index in [1.54, 1.807) is 12.1 Å². The molecule has 0 saturated carbocycles. The zero-order valence-electron chi connectivity index (χ0n) is 25.7. The molecule has 1 heterocycles. The van der Waals surface area contributed by atoms with Gasteiger partial charge in [0.2, 0.25) is 0 Å². The average molecular weight is 620 g/mol. The molecule has 0 amide bonds. The van der Waals surface area contributed by atoms with Gasteiger partial charge in [-0.15, -0.1) is 0 Å². The SMILES string of the molecule is CC1(C)c2ccccc2C(=O)c2cc3c(cc21)C1(c2ccccc2-3)c2ccccc2N(c2ccc(C(F)(F)F)cc2)c2ccccc21. The molecular formula is C42H28F3NO. The summed E-state index contributed by atoms with van der Waals surface area (Å²) in [7, 11) is 0. The van der Waals surface area contributed by atoms with E-state index < -0.39 is 22.6 Å². The minimum atomic E-state index is -4.42. The number of carbonyl (C=O) groups is 1. The van der Waals surface area contributed by atoms with Crippen molar-refractivity contribution in [3.8, 4) is 11.1 Å². The summed E-state index contributed by atoms with van der Waals surface area (Å²) in [5.74, 6) is 0.0362. The van der Waals surface area contributed by atoms with E-state index in [4.69, 9.17) is 0 Å². The van der Waals surface area contributed by atoms with Gasteiger partial charge in [-0.1, -0.05) is 105 Å². The predicted molar refractivity (Wildman–Crippen MR) is 179 cm³/mol. The highest BCUT2D eigenvalue weighted by Crippen LogP contribution is 2.64. The van der Waals surface area contributed by atoms with Crippen molar-refractivity contribution in [1.82, 2.24) is 0 Å². The third-order valence-electron chi connectivity index (χ3n) is 10.5. The zero-order valence-corrected chi connectivity index (χ0v) is 25.7. The van der Waals surface area contributed by atoms with Gasteiger partial charge < -0.3 is 4.90 Å². The average Bonchev–Trinajstić information content (AvgIpc) is 3.37. The van der Waals surface area contributed by atoms with Gasteiger partial charge in [0, 0.05) is 22.2 Å². The number of halogens is 3. The van der Waals surface area contributed by atoms with Crippen LogP contribution in [-0.2, 0) is 17.0 Å². The lowest BCUT2D eigenvalue weighted by molar-refractivity contribution is -0.137. The number of nitrogens with zero attached hydrogens (tertiary/aromatic N) is 1. The van der Waals surface area contributed by atoms with Gasteiger partial charge in [-0.05, 0) is 87.0 Å². The molecule has 2 aliphatic carbocycles. The Morgan fingerprint density at radius 3 is 1.66 bits per heavy atom. The van der Waals surface area contributed by atoms with Crippen molar-refractivity contribution in [2.45, 2.75) is 30.9 Å². The fraction of sp³-hybridized carbons (Fsp3) is 0.119. The Labute approximate surface area is 270 Å². The molecule has 6 aromatic rings. The molecule has 0 aromatic heterocycles. The quantitative estimate of drug-likeness (QED) is 0.182. The predicted octanol–water partition coefficient (Wildman–Crippen LogP) is 10.7. The van der Waals surface area contributed by atoms with E-state index in [-0.39, 0.29) is 5.78 Å². The van der Waals surface area contributed by atoms with Gasteiger partial charge in [-0.25, -0.2) is 0 Å². The molecule has 228 valence electrons. The molecule has 1 spiro atoms. The Hall–Kier alpha value is -5.42. The summed E-state index contributed by atoms with van der Waals surface area (Å²) in [6, 6.07) is 42.5. The van der Waals surface area contributed by atoms with E-state index in [0.717, 1.165) is 79.1 Å². The van der Waals surface area contributed by atoms with E-state index in [1.165, 1.54) is 0 Å². The van der Waals surface area contributed by atoms with Crippen molar-refractivity contribution in [2.75, 3.05) is 4.90 Å². The molecule has 47 heavy (non-hydrogen) atoms. The third-order valence-corrected chi connectivity index (χ3v) is 10.5. The molecule has 5 heteroatoms. The minimum Gasteiger partial charge on any atom is -0.310 e. The topological polar surface area (TPSA) is 20.3 Å². The van der Waals surface area contributed by atoms with Crippen LogP contribution in [0.1, 0.15) is 68.7 Å². The number of anilines is 3. The first-order valence-electron chi connectivity index (χ1n) is 15.7. The summed E-state index contributed by atoms with van der Waals surface area (Å²) in [4.78, 5) is 16.1. The standard InChI is InChI=1S/C42H28F3NO/c1-40(2)31-13-5-4-12-28(31)39(47)30-23-29-27-11-3-6-14-32(27)41(36(29)24-35(30)40)33-15-7-9-17-37(33)46(38-18-10-8-16-34(38)41)26-21-19-25(20-22-26)42(43,44)45/h3-24H,1-2H3. The van der Waals surface area contributed by atoms with Crippen LogP contribution in [0.3, 0.4) is 0 Å². The molecule has 6 aromatic carbocycles. The molecule has 2 nitrogen and oxygen atoms in total. The van der Waals surface area contributed by atoms with Gasteiger partial charge in [0.15, 0.2) is 5.78 Å². The monoisotopic (exact) mass is 619 g/mol. The molecule has 9 rings (SSSR count). The lowest BCUT2D eigenvalue weighted by Crippen LogP contribution is -2.37. The molecule has 0 atom stereocenters. The number of alkyl halides is 3. The second kappa shape index (κ2) is 9.32. The highest BCUT2D eigenvalue weighted by atomic mass is 19.4. The summed E-state index contributed by atoms with van der Waals surface area (Å²) < 4.78 is 40.7. The molecule has 0 fully saturated rings. The normalized spacial score (nSPS) is 16.1. The number of hydrogen-bond donors (Lipinski definition) is 0. The van der Waals surface area contributed by atoms with E-state index in [1.807, 2.05) is 60.7 Å². The minimum absolute atomic E-state index is 0.0362. The highest BCUT2D eigenvalue weighted by molar-refractivity contribution is 6.14. The molecular weight excluding hydrogens is 591 g/mol. The van der Waals surface area contributed by atoms with Gasteiger partial charge in [0.1, 0.15) is 0 Å². The lowest BCUT2D eigenvalue weighted by Gasteiger charge is -2.45. The van der Waals surface area contributed by atoms with Crippen molar-refractivity contribution in [3.05, 3.63) is 184 Å². The lowest BCUT2D eigenvalue weighted by atomic mass is 9.62. The largest absolute Gasteiger partial charge is 0.416 e. The maximum Gasteiger partial charge on any atom is 0.416 e. The molecule has 0 N–H and O–H groups in total. The number of carbonyl (C=O) groups excluding carboxylic acids is 1. The fourth-order valence-corrected chi connectivity index (χ4v) is 8.45. The van der Waals surface area contributed by atoms with Crippen molar-refractivity contribution < 1.29 is 18.0 Å². The van der Waals surface area contributed by atoms with E-state index in [2.05, 4.69) is 67.3 Å². The first-order chi connectivity index (χ1) is 22.6. The Morgan fingerprint density at radius 2 is 1.04 bits per heavy atom. The van der Waals surface area contributed by atoms with Crippen LogP contribution in [-0.4, -0.2) is 5.78 Å². The second-order valence-corrected chi connectivity index (χ2v) is 13.2. The molecule has 0 bridgehead atoms. The smallest absolute Gasteiger partial charge is 0.310 e. The number of para-hydroxylation sites is 2. The van der Waals surface area contributed by atoms with Crippen LogP contribution < -0.4 is 4.90 Å². The summed E-state index contributed by atoms with van der Waals surface area (Å²) in [5.41, 5.74) is 10.5. The fourth-order valence-electron chi connectivity index (χ4n) is 8.45. The van der Waals surface area contributed by atoms with Crippen LogP contribution in [0.25, 0.3) is 11.1 Å². The van der Waals surface area contributed by atoms with Crippen LogP contribution in [0.4, 0.5) is 30.2 Å². The maximum atomic E-state index is 14.1. The Balaban J connectivity index is 1.37. The Morgan fingerprint density at radius 1 is 0.511 bits per heavy atom. The van der Waals surface area contributed by atoms with Crippen LogP contribution in [0.15, 0.2) is 133 Å². The number of rotatable bonds is 1. The van der Waals surface area contributed by atoms with E-state index >= 15 is 0 Å². The van der Waals surface area contributed by atoms with Crippen molar-refractivity contribution in [1.29, 1.82) is 0 Å². The van der Waals surface area contributed by atoms with Crippen LogP contribution in [0.2, 0.25) is 0 Å². The molecule has 0 saturated heterocycles. The molecule has 3 aliphatic rings. The second-order valence-electron chi connectivity index (χ2n) is 13.2. The summed E-state index contributed by atoms with van der Waals surface area (Å²) >= 11 is 0. The number of benzene rings is 6. The Bertz CT molecular complexity index is 2250. The molecule has 0 radical (unpaired) electrons. The van der Waals surface area contributed by atoms with Crippen LogP contribution in [0.5, 0.6) is 0 Å². The van der Waals surface area contributed by atoms with Gasteiger partial charge >= 0.3 is 6.18 Å². The Kier molecular flexibility index (Phi) is 5.52. The third kappa shape index (κ3) is 3.54. The summed E-state index contributed by atoms with van der Waals surface area (Å²) in [6.07, 6.45) is -4.42. The van der Waals surface area contributed by atoms with Crippen LogP contribution in [0, 0.1) is 0 Å². The number of fused-ring (bicyclic) bond motifs is 11. The van der Waals surface area contributed by atoms with E-state index in [9.17, 15) is 18.0 Å². The van der Waals surface area contributed by atoms with E-state index in [0.29, 0.717) is 5.69 Å². The van der Waals surface area contributed by atoms with Gasteiger partial charge in [-0.2, -0.15) is 13.2 Å². The first kappa shape index (κ1) is 27.9. The highest BCUT2D eigenvalue weighted by Gasteiger charge is 2.53. The first-order valence-corrected chi connectivity index (χ1v) is 15.7. The van der Waals surface area contributed by atoms with Crippen molar-refractivity contribution in [3.63, 3.8) is 0 Å². The number of hydrogen-bond acceptors (Lipinski definition) is 2. The molecule has 0 unspecified atom stereocenters. The zero-order chi connectivity index (χ0) is 32.3. The van der Waals surface area contributed by atoms with Gasteiger partial charge in [0.05, 0.1) is 22.4 Å². The van der Waals surface area contributed by atoms with Gasteiger partial charge in [-0.3, -0.25) is 4.79 Å².